The summed E-state index contributed by atoms with van der Waals surface area (Å²) in [6, 6.07) is 9.95. The highest BCUT2D eigenvalue weighted by molar-refractivity contribution is 5.16. The largest absolute Gasteiger partial charge is 0.489 e. The Balaban J connectivity index is 2.43. The van der Waals surface area contributed by atoms with Gasteiger partial charge in [0.25, 0.3) is 0 Å². The van der Waals surface area contributed by atoms with E-state index in [9.17, 15) is 0 Å². The van der Waals surface area contributed by atoms with E-state index in [2.05, 4.69) is 13.2 Å². The zero-order valence-corrected chi connectivity index (χ0v) is 10.4. The second kappa shape index (κ2) is 6.59. The van der Waals surface area contributed by atoms with Gasteiger partial charge in [-0.1, -0.05) is 43.5 Å². The molecule has 0 radical (unpaired) electrons. The molecule has 0 aliphatic carbocycles. The summed E-state index contributed by atoms with van der Waals surface area (Å²) in [5.74, 6) is 1.94. The number of hydrogen-bond acceptors (Lipinski definition) is 2. The van der Waals surface area contributed by atoms with Crippen molar-refractivity contribution < 1.29 is 9.47 Å². The van der Waals surface area contributed by atoms with Crippen LogP contribution in [0.1, 0.15) is 19.4 Å². The third-order valence-corrected chi connectivity index (χ3v) is 1.97. The molecule has 0 aliphatic heterocycles. The molecule has 0 spiro atoms. The van der Waals surface area contributed by atoms with Crippen LogP contribution >= 0.6 is 0 Å². The van der Waals surface area contributed by atoms with E-state index in [0.29, 0.717) is 18.1 Å². The molecule has 17 heavy (non-hydrogen) atoms. The molecule has 0 unspecified atom stereocenters. The minimum Gasteiger partial charge on any atom is -0.489 e. The van der Waals surface area contributed by atoms with Crippen molar-refractivity contribution in [3.8, 4) is 0 Å². The Morgan fingerprint density at radius 2 is 1.82 bits per heavy atom. The van der Waals surface area contributed by atoms with Gasteiger partial charge in [-0.2, -0.15) is 0 Å². The van der Waals surface area contributed by atoms with Gasteiger partial charge in [0, 0.05) is 6.08 Å². The molecule has 0 aromatic heterocycles. The standard InChI is InChI=1S/C15H18O2/c1-12(2)17-14(4)10-13(3)16-11-15-8-6-5-7-9-15/h5-10H,1,3,11H2,2,4H3/b14-10+. The van der Waals surface area contributed by atoms with Crippen molar-refractivity contribution in [2.75, 3.05) is 0 Å². The van der Waals surface area contributed by atoms with Crippen LogP contribution in [0.15, 0.2) is 66.8 Å². The molecule has 0 heterocycles. The Labute approximate surface area is 103 Å². The summed E-state index contributed by atoms with van der Waals surface area (Å²) in [7, 11) is 0. The van der Waals surface area contributed by atoms with Gasteiger partial charge in [-0.15, -0.1) is 0 Å². The fourth-order valence-corrected chi connectivity index (χ4v) is 1.32. The van der Waals surface area contributed by atoms with Gasteiger partial charge in [0.15, 0.2) is 0 Å². The summed E-state index contributed by atoms with van der Waals surface area (Å²) in [6.45, 7) is 11.6. The third kappa shape index (κ3) is 5.61. The van der Waals surface area contributed by atoms with Crippen molar-refractivity contribution in [1.29, 1.82) is 0 Å². The van der Waals surface area contributed by atoms with Gasteiger partial charge in [0.1, 0.15) is 18.1 Å². The van der Waals surface area contributed by atoms with E-state index in [1.165, 1.54) is 0 Å². The van der Waals surface area contributed by atoms with Gasteiger partial charge >= 0.3 is 0 Å². The molecule has 1 aromatic carbocycles. The molecule has 2 nitrogen and oxygen atoms in total. The first-order valence-corrected chi connectivity index (χ1v) is 5.45. The van der Waals surface area contributed by atoms with Crippen molar-refractivity contribution >= 4 is 0 Å². The van der Waals surface area contributed by atoms with Gasteiger partial charge in [-0.05, 0) is 19.4 Å². The summed E-state index contributed by atoms with van der Waals surface area (Å²) >= 11 is 0. The highest BCUT2D eigenvalue weighted by atomic mass is 16.5. The summed E-state index contributed by atoms with van der Waals surface area (Å²) in [6.07, 6.45) is 1.75. The zero-order chi connectivity index (χ0) is 12.7. The number of ether oxygens (including phenoxy) is 2. The predicted octanol–water partition coefficient (Wildman–Crippen LogP) is 4.17. The first-order chi connectivity index (χ1) is 8.08. The Morgan fingerprint density at radius 3 is 2.41 bits per heavy atom. The fraction of sp³-hybridized carbons (Fsp3) is 0.200. The first kappa shape index (κ1) is 13.1. The average molecular weight is 230 g/mol. The van der Waals surface area contributed by atoms with Gasteiger partial charge in [-0.25, -0.2) is 0 Å². The number of allylic oxidation sites excluding steroid dienone is 3. The molecular weight excluding hydrogens is 212 g/mol. The molecule has 0 fully saturated rings. The number of benzene rings is 1. The van der Waals surface area contributed by atoms with E-state index in [1.54, 1.807) is 13.0 Å². The van der Waals surface area contributed by atoms with Crippen LogP contribution in [0.5, 0.6) is 0 Å². The first-order valence-electron chi connectivity index (χ1n) is 5.45. The van der Waals surface area contributed by atoms with E-state index in [0.717, 1.165) is 11.3 Å². The molecular formula is C15H18O2. The van der Waals surface area contributed by atoms with Gasteiger partial charge in [0.05, 0.1) is 5.76 Å². The predicted molar refractivity (Wildman–Crippen MR) is 70.0 cm³/mol. The van der Waals surface area contributed by atoms with Crippen molar-refractivity contribution in [3.05, 3.63) is 72.4 Å². The van der Waals surface area contributed by atoms with E-state index in [1.807, 2.05) is 37.3 Å². The molecule has 0 bridgehead atoms. The van der Waals surface area contributed by atoms with Crippen LogP contribution in [0.25, 0.3) is 0 Å². The Kier molecular flexibility index (Phi) is 5.08. The quantitative estimate of drug-likeness (QED) is 0.539. The van der Waals surface area contributed by atoms with Crippen LogP contribution < -0.4 is 0 Å². The SMILES string of the molecule is C=C(C)O/C(C)=C/C(=C)OCc1ccccc1. The maximum absolute atomic E-state index is 5.50. The summed E-state index contributed by atoms with van der Waals surface area (Å²) in [5, 5.41) is 0. The lowest BCUT2D eigenvalue weighted by molar-refractivity contribution is 0.209. The molecule has 2 heteroatoms. The fourth-order valence-electron chi connectivity index (χ4n) is 1.32. The minimum atomic E-state index is 0.510. The summed E-state index contributed by atoms with van der Waals surface area (Å²) in [5.41, 5.74) is 1.11. The normalized spacial score (nSPS) is 10.8. The van der Waals surface area contributed by atoms with Crippen molar-refractivity contribution in [1.82, 2.24) is 0 Å². The van der Waals surface area contributed by atoms with Gasteiger partial charge < -0.3 is 9.47 Å². The maximum atomic E-state index is 5.50. The lowest BCUT2D eigenvalue weighted by Crippen LogP contribution is -1.92. The summed E-state index contributed by atoms with van der Waals surface area (Å²) in [4.78, 5) is 0. The van der Waals surface area contributed by atoms with Crippen LogP contribution in [0.3, 0.4) is 0 Å². The second-order valence-corrected chi connectivity index (χ2v) is 3.80. The van der Waals surface area contributed by atoms with E-state index in [-0.39, 0.29) is 0 Å². The zero-order valence-electron chi connectivity index (χ0n) is 10.4. The van der Waals surface area contributed by atoms with Gasteiger partial charge in [0.2, 0.25) is 0 Å². The lowest BCUT2D eigenvalue weighted by atomic mass is 10.2. The van der Waals surface area contributed by atoms with Crippen LogP contribution in [-0.2, 0) is 16.1 Å². The van der Waals surface area contributed by atoms with Crippen LogP contribution in [0, 0.1) is 0 Å². The number of rotatable bonds is 6. The lowest BCUT2D eigenvalue weighted by Gasteiger charge is -2.08. The molecule has 1 rings (SSSR count). The average Bonchev–Trinajstić information content (AvgIpc) is 2.26. The highest BCUT2D eigenvalue weighted by Gasteiger charge is 1.96. The topological polar surface area (TPSA) is 18.5 Å². The molecule has 0 N–H and O–H groups in total. The molecule has 90 valence electrons. The third-order valence-electron chi connectivity index (χ3n) is 1.97. The highest BCUT2D eigenvalue weighted by Crippen LogP contribution is 2.09. The summed E-state index contributed by atoms with van der Waals surface area (Å²) < 4.78 is 10.8. The minimum absolute atomic E-state index is 0.510. The van der Waals surface area contributed by atoms with E-state index in [4.69, 9.17) is 9.47 Å². The van der Waals surface area contributed by atoms with Crippen molar-refractivity contribution in [2.45, 2.75) is 20.5 Å². The molecule has 0 saturated carbocycles. The molecule has 0 saturated heterocycles. The second-order valence-electron chi connectivity index (χ2n) is 3.80. The monoisotopic (exact) mass is 230 g/mol. The number of hydrogen-bond donors (Lipinski definition) is 0. The Hall–Kier alpha value is -1.96. The van der Waals surface area contributed by atoms with Crippen LogP contribution in [0.4, 0.5) is 0 Å². The van der Waals surface area contributed by atoms with E-state index >= 15 is 0 Å². The maximum Gasteiger partial charge on any atom is 0.116 e. The Bertz CT molecular complexity index is 416. The van der Waals surface area contributed by atoms with Crippen molar-refractivity contribution in [2.24, 2.45) is 0 Å². The van der Waals surface area contributed by atoms with Crippen LogP contribution in [-0.4, -0.2) is 0 Å². The van der Waals surface area contributed by atoms with Gasteiger partial charge in [-0.3, -0.25) is 0 Å². The van der Waals surface area contributed by atoms with E-state index < -0.39 is 0 Å². The molecule has 1 aromatic rings. The smallest absolute Gasteiger partial charge is 0.116 e. The molecule has 0 aliphatic rings. The van der Waals surface area contributed by atoms with Crippen molar-refractivity contribution in [3.63, 3.8) is 0 Å². The molecule has 0 atom stereocenters. The Morgan fingerprint density at radius 1 is 1.18 bits per heavy atom. The molecule has 0 amide bonds. The van der Waals surface area contributed by atoms with Crippen LogP contribution in [0.2, 0.25) is 0 Å².